The predicted molar refractivity (Wildman–Crippen MR) is 63.2 cm³/mol. The van der Waals surface area contributed by atoms with Crippen LogP contribution in [0.3, 0.4) is 0 Å². The molecule has 2 rings (SSSR count). The van der Waals surface area contributed by atoms with Crippen LogP contribution in [0, 0.1) is 12.8 Å². The third kappa shape index (κ3) is 2.50. The Morgan fingerprint density at radius 1 is 1.56 bits per heavy atom. The van der Waals surface area contributed by atoms with E-state index in [1.807, 2.05) is 13.1 Å². The largest absolute Gasteiger partial charge is 0.347 e. The summed E-state index contributed by atoms with van der Waals surface area (Å²) < 4.78 is 1.69. The van der Waals surface area contributed by atoms with E-state index in [0.29, 0.717) is 12.0 Å². The van der Waals surface area contributed by atoms with E-state index >= 15 is 0 Å². The number of aromatic nitrogens is 2. The van der Waals surface area contributed by atoms with Crippen LogP contribution in [0.1, 0.15) is 31.2 Å². The minimum Gasteiger partial charge on any atom is -0.327 e. The number of hydrogen-bond acceptors (Lipinski definition) is 3. The molecule has 2 unspecified atom stereocenters. The molecular formula is C12H19N3O. The molecule has 88 valence electrons. The van der Waals surface area contributed by atoms with Gasteiger partial charge in [-0.15, -0.1) is 0 Å². The van der Waals surface area contributed by atoms with Gasteiger partial charge < -0.3 is 5.73 Å². The van der Waals surface area contributed by atoms with Gasteiger partial charge in [0.05, 0.1) is 0 Å². The fraction of sp³-hybridized carbons (Fsp3) is 0.667. The van der Waals surface area contributed by atoms with E-state index in [4.69, 9.17) is 5.73 Å². The van der Waals surface area contributed by atoms with Crippen molar-refractivity contribution in [2.45, 2.75) is 45.2 Å². The fourth-order valence-electron chi connectivity index (χ4n) is 2.45. The molecule has 1 aromatic heterocycles. The number of nitrogens with two attached hydrogens (primary N) is 1. The van der Waals surface area contributed by atoms with Gasteiger partial charge in [-0.3, -0.25) is 4.57 Å². The smallest absolute Gasteiger partial charge is 0.327 e. The summed E-state index contributed by atoms with van der Waals surface area (Å²) in [6.45, 7) is 2.69. The van der Waals surface area contributed by atoms with E-state index in [1.165, 1.54) is 12.8 Å². The summed E-state index contributed by atoms with van der Waals surface area (Å²) in [7, 11) is 0. The zero-order valence-electron chi connectivity index (χ0n) is 9.72. The van der Waals surface area contributed by atoms with Gasteiger partial charge >= 0.3 is 5.69 Å². The highest BCUT2D eigenvalue weighted by molar-refractivity contribution is 4.99. The zero-order valence-corrected chi connectivity index (χ0v) is 9.72. The Morgan fingerprint density at radius 2 is 2.38 bits per heavy atom. The number of aryl methyl sites for hydroxylation is 2. The van der Waals surface area contributed by atoms with Crippen LogP contribution in [0.5, 0.6) is 0 Å². The molecule has 0 aromatic carbocycles. The standard InChI is InChI=1S/C12H19N3O/c1-9-7-14-12(16)15(8-9)6-5-10-3-2-4-11(10)13/h7-8,10-11H,2-6,13H2,1H3. The van der Waals surface area contributed by atoms with Crippen LogP contribution < -0.4 is 11.4 Å². The second-order valence-corrected chi connectivity index (χ2v) is 4.75. The number of hydrogen-bond donors (Lipinski definition) is 1. The molecule has 0 aliphatic heterocycles. The van der Waals surface area contributed by atoms with Crippen LogP contribution in [0.25, 0.3) is 0 Å². The first kappa shape index (κ1) is 11.3. The molecule has 4 nitrogen and oxygen atoms in total. The zero-order chi connectivity index (χ0) is 11.5. The van der Waals surface area contributed by atoms with Crippen molar-refractivity contribution in [1.29, 1.82) is 0 Å². The first-order valence-electron chi connectivity index (χ1n) is 5.95. The molecule has 4 heteroatoms. The minimum absolute atomic E-state index is 0.155. The van der Waals surface area contributed by atoms with Crippen molar-refractivity contribution < 1.29 is 0 Å². The summed E-state index contributed by atoms with van der Waals surface area (Å²) in [5, 5.41) is 0. The monoisotopic (exact) mass is 221 g/mol. The third-order valence-electron chi connectivity index (χ3n) is 3.44. The normalized spacial score (nSPS) is 24.9. The lowest BCUT2D eigenvalue weighted by Gasteiger charge is -2.15. The van der Waals surface area contributed by atoms with Crippen LogP contribution in [0.15, 0.2) is 17.2 Å². The summed E-state index contributed by atoms with van der Waals surface area (Å²) in [6, 6.07) is 0.327. The van der Waals surface area contributed by atoms with E-state index in [0.717, 1.165) is 24.9 Å². The van der Waals surface area contributed by atoms with Crippen molar-refractivity contribution in [3.8, 4) is 0 Å². The number of rotatable bonds is 3. The van der Waals surface area contributed by atoms with Gasteiger partial charge in [0.25, 0.3) is 0 Å². The van der Waals surface area contributed by atoms with Gasteiger partial charge in [0.15, 0.2) is 0 Å². The Balaban J connectivity index is 1.99. The predicted octanol–water partition coefficient (Wildman–Crippen LogP) is 1.07. The second kappa shape index (κ2) is 4.78. The Hall–Kier alpha value is -1.16. The molecule has 0 radical (unpaired) electrons. The first-order valence-corrected chi connectivity index (χ1v) is 5.95. The Morgan fingerprint density at radius 3 is 3.06 bits per heavy atom. The summed E-state index contributed by atoms with van der Waals surface area (Å²) >= 11 is 0. The highest BCUT2D eigenvalue weighted by atomic mass is 16.1. The summed E-state index contributed by atoms with van der Waals surface area (Å²) in [5.74, 6) is 0.576. The van der Waals surface area contributed by atoms with E-state index in [1.54, 1.807) is 10.8 Å². The second-order valence-electron chi connectivity index (χ2n) is 4.75. The van der Waals surface area contributed by atoms with E-state index < -0.39 is 0 Å². The molecule has 1 saturated carbocycles. The lowest BCUT2D eigenvalue weighted by molar-refractivity contribution is 0.409. The topological polar surface area (TPSA) is 60.9 Å². The van der Waals surface area contributed by atoms with Crippen LogP contribution >= 0.6 is 0 Å². The van der Waals surface area contributed by atoms with E-state index in [-0.39, 0.29) is 5.69 Å². The molecule has 0 spiro atoms. The molecule has 16 heavy (non-hydrogen) atoms. The van der Waals surface area contributed by atoms with Crippen molar-refractivity contribution in [2.24, 2.45) is 11.7 Å². The third-order valence-corrected chi connectivity index (χ3v) is 3.44. The van der Waals surface area contributed by atoms with Gasteiger partial charge in [0.1, 0.15) is 0 Å². The van der Waals surface area contributed by atoms with Crippen molar-refractivity contribution >= 4 is 0 Å². The molecule has 1 fully saturated rings. The Bertz CT molecular complexity index is 413. The van der Waals surface area contributed by atoms with Gasteiger partial charge in [-0.05, 0) is 37.7 Å². The maximum Gasteiger partial charge on any atom is 0.347 e. The molecule has 0 saturated heterocycles. The Kier molecular flexibility index (Phi) is 3.39. The molecule has 1 aliphatic carbocycles. The van der Waals surface area contributed by atoms with Crippen molar-refractivity contribution in [2.75, 3.05) is 0 Å². The van der Waals surface area contributed by atoms with Crippen LogP contribution in [-0.4, -0.2) is 15.6 Å². The van der Waals surface area contributed by atoms with Gasteiger partial charge in [0.2, 0.25) is 0 Å². The quantitative estimate of drug-likeness (QED) is 0.830. The highest BCUT2D eigenvalue weighted by Gasteiger charge is 2.23. The Labute approximate surface area is 95.5 Å². The van der Waals surface area contributed by atoms with Gasteiger partial charge in [-0.1, -0.05) is 6.42 Å². The van der Waals surface area contributed by atoms with Gasteiger partial charge in [0, 0.05) is 25.0 Å². The van der Waals surface area contributed by atoms with E-state index in [2.05, 4.69) is 4.98 Å². The molecule has 2 atom stereocenters. The average Bonchev–Trinajstić information content (AvgIpc) is 2.66. The van der Waals surface area contributed by atoms with Crippen molar-refractivity contribution in [1.82, 2.24) is 9.55 Å². The molecule has 1 aliphatic rings. The summed E-state index contributed by atoms with van der Waals surface area (Å²) in [4.78, 5) is 15.3. The van der Waals surface area contributed by atoms with Crippen LogP contribution in [0.2, 0.25) is 0 Å². The minimum atomic E-state index is -0.155. The average molecular weight is 221 g/mol. The van der Waals surface area contributed by atoms with E-state index in [9.17, 15) is 4.79 Å². The molecule has 0 amide bonds. The van der Waals surface area contributed by atoms with Crippen molar-refractivity contribution in [3.05, 3.63) is 28.4 Å². The number of nitrogens with zero attached hydrogens (tertiary/aromatic N) is 2. The molecule has 2 N–H and O–H groups in total. The summed E-state index contributed by atoms with van der Waals surface area (Å²) in [5.41, 5.74) is 6.88. The molecule has 0 bridgehead atoms. The lowest BCUT2D eigenvalue weighted by Crippen LogP contribution is -2.28. The molecule has 1 aromatic rings. The maximum absolute atomic E-state index is 11.5. The molecule has 1 heterocycles. The SMILES string of the molecule is Cc1cnc(=O)n(CCC2CCCC2N)c1. The maximum atomic E-state index is 11.5. The van der Waals surface area contributed by atoms with Crippen LogP contribution in [-0.2, 0) is 6.54 Å². The van der Waals surface area contributed by atoms with Crippen molar-refractivity contribution in [3.63, 3.8) is 0 Å². The fourth-order valence-corrected chi connectivity index (χ4v) is 2.45. The van der Waals surface area contributed by atoms with Gasteiger partial charge in [-0.2, -0.15) is 0 Å². The lowest BCUT2D eigenvalue weighted by atomic mass is 10.0. The van der Waals surface area contributed by atoms with Crippen LogP contribution in [0.4, 0.5) is 0 Å². The first-order chi connectivity index (χ1) is 7.66. The highest BCUT2D eigenvalue weighted by Crippen LogP contribution is 2.26. The summed E-state index contributed by atoms with van der Waals surface area (Å²) in [6.07, 6.45) is 8.04. The molecular weight excluding hydrogens is 202 g/mol. The van der Waals surface area contributed by atoms with Gasteiger partial charge in [-0.25, -0.2) is 9.78 Å².